The van der Waals surface area contributed by atoms with Crippen molar-refractivity contribution in [3.8, 4) is 0 Å². The minimum atomic E-state index is -4.12. The predicted octanol–water partition coefficient (Wildman–Crippen LogP) is 1.46. The molecule has 1 saturated carbocycles. The molecule has 116 valence electrons. The van der Waals surface area contributed by atoms with Crippen LogP contribution >= 0.6 is 0 Å². The summed E-state index contributed by atoms with van der Waals surface area (Å²) < 4.78 is 43.1. The lowest BCUT2D eigenvalue weighted by atomic mass is 9.81. The summed E-state index contributed by atoms with van der Waals surface area (Å²) in [5, 5.41) is 5.95. The van der Waals surface area contributed by atoms with Gasteiger partial charge in [-0.25, -0.2) is 0 Å². The highest BCUT2D eigenvalue weighted by Gasteiger charge is 2.42. The molecule has 2 rings (SSSR count). The first kappa shape index (κ1) is 15.6. The Kier molecular flexibility index (Phi) is 5.26. The van der Waals surface area contributed by atoms with Crippen molar-refractivity contribution in [2.75, 3.05) is 26.2 Å². The second kappa shape index (κ2) is 6.76. The second-order valence-corrected chi connectivity index (χ2v) is 5.53. The fourth-order valence-electron chi connectivity index (χ4n) is 2.79. The summed E-state index contributed by atoms with van der Waals surface area (Å²) >= 11 is 0. The summed E-state index contributed by atoms with van der Waals surface area (Å²) in [6.45, 7) is 2.55. The molecular weight excluding hydrogens is 273 g/mol. The Bertz CT molecular complexity index is 322. The van der Waals surface area contributed by atoms with Crippen LogP contribution in [0.15, 0.2) is 0 Å². The number of carbonyl (C=O) groups is 1. The van der Waals surface area contributed by atoms with Crippen molar-refractivity contribution in [1.82, 2.24) is 10.6 Å². The first-order valence-corrected chi connectivity index (χ1v) is 7.13. The van der Waals surface area contributed by atoms with Gasteiger partial charge in [0.25, 0.3) is 0 Å². The molecule has 0 bridgehead atoms. The molecule has 0 radical (unpaired) electrons. The van der Waals surface area contributed by atoms with Crippen LogP contribution in [0.3, 0.4) is 0 Å². The topological polar surface area (TPSA) is 50.4 Å². The van der Waals surface area contributed by atoms with Crippen LogP contribution in [0.25, 0.3) is 0 Å². The standard InChI is InChI=1S/C13H21F3N2O2/c14-13(15,16)10-3-1-9(2-4-10)12(19)18-8-11-7-17-5-6-20-11/h9-11,17H,1-8H2,(H,18,19). The number of morpholine rings is 1. The van der Waals surface area contributed by atoms with Crippen molar-refractivity contribution in [2.45, 2.75) is 38.0 Å². The van der Waals surface area contributed by atoms with E-state index in [2.05, 4.69) is 10.6 Å². The van der Waals surface area contributed by atoms with Crippen LogP contribution in [-0.4, -0.2) is 44.4 Å². The highest BCUT2D eigenvalue weighted by molar-refractivity contribution is 5.78. The number of ether oxygens (including phenoxy) is 1. The zero-order chi connectivity index (χ0) is 14.6. The highest BCUT2D eigenvalue weighted by atomic mass is 19.4. The lowest BCUT2D eigenvalue weighted by Crippen LogP contribution is -2.46. The summed E-state index contributed by atoms with van der Waals surface area (Å²) in [6, 6.07) is 0. The van der Waals surface area contributed by atoms with Gasteiger partial charge in [0.15, 0.2) is 0 Å². The van der Waals surface area contributed by atoms with E-state index in [0.717, 1.165) is 6.54 Å². The van der Waals surface area contributed by atoms with Gasteiger partial charge >= 0.3 is 6.18 Å². The fourth-order valence-corrected chi connectivity index (χ4v) is 2.79. The van der Waals surface area contributed by atoms with E-state index in [0.29, 0.717) is 32.5 Å². The maximum absolute atomic E-state index is 12.5. The summed E-state index contributed by atoms with van der Waals surface area (Å²) in [5.41, 5.74) is 0. The van der Waals surface area contributed by atoms with E-state index in [4.69, 9.17) is 4.74 Å². The lowest BCUT2D eigenvalue weighted by molar-refractivity contribution is -0.184. The van der Waals surface area contributed by atoms with Gasteiger partial charge < -0.3 is 15.4 Å². The number of carbonyl (C=O) groups excluding carboxylic acids is 1. The van der Waals surface area contributed by atoms with Gasteiger partial charge in [-0.3, -0.25) is 4.79 Å². The molecule has 1 saturated heterocycles. The minimum absolute atomic E-state index is 0.0424. The van der Waals surface area contributed by atoms with Crippen molar-refractivity contribution < 1.29 is 22.7 Å². The molecule has 0 aromatic carbocycles. The molecule has 1 atom stereocenters. The van der Waals surface area contributed by atoms with Crippen molar-refractivity contribution in [3.05, 3.63) is 0 Å². The largest absolute Gasteiger partial charge is 0.391 e. The molecule has 1 unspecified atom stereocenters. The average Bonchev–Trinajstić information content (AvgIpc) is 2.45. The van der Waals surface area contributed by atoms with Crippen molar-refractivity contribution in [2.24, 2.45) is 11.8 Å². The molecule has 20 heavy (non-hydrogen) atoms. The molecule has 2 aliphatic rings. The van der Waals surface area contributed by atoms with Crippen LogP contribution < -0.4 is 10.6 Å². The first-order chi connectivity index (χ1) is 9.47. The molecule has 2 fully saturated rings. The maximum Gasteiger partial charge on any atom is 0.391 e. The lowest BCUT2D eigenvalue weighted by Gasteiger charge is -2.30. The number of hydrogen-bond acceptors (Lipinski definition) is 3. The van der Waals surface area contributed by atoms with Gasteiger partial charge in [-0.2, -0.15) is 13.2 Å². The normalized spacial score (nSPS) is 31.9. The smallest absolute Gasteiger partial charge is 0.374 e. The van der Waals surface area contributed by atoms with E-state index >= 15 is 0 Å². The Morgan fingerprint density at radius 2 is 1.95 bits per heavy atom. The zero-order valence-electron chi connectivity index (χ0n) is 11.3. The summed E-state index contributed by atoms with van der Waals surface area (Å²) in [5.74, 6) is -1.66. The Morgan fingerprint density at radius 3 is 2.50 bits per heavy atom. The van der Waals surface area contributed by atoms with E-state index in [-0.39, 0.29) is 30.8 Å². The molecule has 0 spiro atoms. The van der Waals surface area contributed by atoms with Crippen molar-refractivity contribution in [1.29, 1.82) is 0 Å². The van der Waals surface area contributed by atoms with E-state index in [1.54, 1.807) is 0 Å². The van der Waals surface area contributed by atoms with Crippen LogP contribution in [0.2, 0.25) is 0 Å². The molecular formula is C13H21F3N2O2. The van der Waals surface area contributed by atoms with Crippen LogP contribution in [0, 0.1) is 11.8 Å². The molecule has 1 aliphatic carbocycles. The van der Waals surface area contributed by atoms with E-state index in [9.17, 15) is 18.0 Å². The summed E-state index contributed by atoms with van der Waals surface area (Å²) in [6.07, 6.45) is -3.41. The second-order valence-electron chi connectivity index (χ2n) is 5.53. The Labute approximate surface area is 116 Å². The van der Waals surface area contributed by atoms with Gasteiger partial charge in [-0.15, -0.1) is 0 Å². The van der Waals surface area contributed by atoms with Gasteiger partial charge in [0.1, 0.15) is 0 Å². The molecule has 1 amide bonds. The first-order valence-electron chi connectivity index (χ1n) is 7.13. The van der Waals surface area contributed by atoms with Crippen molar-refractivity contribution >= 4 is 5.91 Å². The van der Waals surface area contributed by atoms with Gasteiger partial charge in [0, 0.05) is 25.6 Å². The number of hydrogen-bond donors (Lipinski definition) is 2. The van der Waals surface area contributed by atoms with Crippen LogP contribution in [-0.2, 0) is 9.53 Å². The third-order valence-corrected chi connectivity index (χ3v) is 4.07. The van der Waals surface area contributed by atoms with Gasteiger partial charge in [-0.05, 0) is 25.7 Å². The minimum Gasteiger partial charge on any atom is -0.374 e. The van der Waals surface area contributed by atoms with E-state index in [1.807, 2.05) is 0 Å². The third kappa shape index (κ3) is 4.34. The quantitative estimate of drug-likeness (QED) is 0.828. The third-order valence-electron chi connectivity index (χ3n) is 4.07. The van der Waals surface area contributed by atoms with Crippen molar-refractivity contribution in [3.63, 3.8) is 0 Å². The number of nitrogens with one attached hydrogen (secondary N) is 2. The molecule has 7 heteroatoms. The number of amides is 1. The molecule has 1 heterocycles. The monoisotopic (exact) mass is 294 g/mol. The van der Waals surface area contributed by atoms with Crippen LogP contribution in [0.4, 0.5) is 13.2 Å². The maximum atomic E-state index is 12.5. The van der Waals surface area contributed by atoms with E-state index < -0.39 is 12.1 Å². The average molecular weight is 294 g/mol. The SMILES string of the molecule is O=C(NCC1CNCCO1)C1CCC(C(F)(F)F)CC1. The zero-order valence-corrected chi connectivity index (χ0v) is 11.3. The Morgan fingerprint density at radius 1 is 1.25 bits per heavy atom. The molecule has 2 N–H and O–H groups in total. The Balaban J connectivity index is 1.69. The molecule has 4 nitrogen and oxygen atoms in total. The predicted molar refractivity (Wildman–Crippen MR) is 67.1 cm³/mol. The summed E-state index contributed by atoms with van der Waals surface area (Å²) in [7, 11) is 0. The van der Waals surface area contributed by atoms with Gasteiger partial charge in [-0.1, -0.05) is 0 Å². The number of alkyl halides is 3. The number of rotatable bonds is 3. The fraction of sp³-hybridized carbons (Fsp3) is 0.923. The van der Waals surface area contributed by atoms with Gasteiger partial charge in [0.2, 0.25) is 5.91 Å². The molecule has 0 aromatic heterocycles. The van der Waals surface area contributed by atoms with Crippen LogP contribution in [0.5, 0.6) is 0 Å². The number of halogens is 3. The molecule has 1 aliphatic heterocycles. The van der Waals surface area contributed by atoms with E-state index in [1.165, 1.54) is 0 Å². The highest BCUT2D eigenvalue weighted by Crippen LogP contribution is 2.39. The molecule has 0 aromatic rings. The van der Waals surface area contributed by atoms with Gasteiger partial charge in [0.05, 0.1) is 18.6 Å². The Hall–Kier alpha value is -0.820. The summed E-state index contributed by atoms with van der Waals surface area (Å²) in [4.78, 5) is 11.9. The van der Waals surface area contributed by atoms with Crippen LogP contribution in [0.1, 0.15) is 25.7 Å².